The van der Waals surface area contributed by atoms with Gasteiger partial charge in [0.2, 0.25) is 0 Å². The maximum absolute atomic E-state index is 10.5. The van der Waals surface area contributed by atoms with Gasteiger partial charge < -0.3 is 35.4 Å². The van der Waals surface area contributed by atoms with Crippen molar-refractivity contribution in [3.8, 4) is 0 Å². The van der Waals surface area contributed by atoms with Crippen LogP contribution in [0.5, 0.6) is 0 Å². The molecule has 0 amide bonds. The van der Waals surface area contributed by atoms with Crippen LogP contribution in [0.4, 0.5) is 0 Å². The summed E-state index contributed by atoms with van der Waals surface area (Å²) < 4.78 is 0. The van der Waals surface area contributed by atoms with E-state index in [9.17, 15) is 4.79 Å². The molecule has 0 aliphatic carbocycles. The van der Waals surface area contributed by atoms with Crippen LogP contribution in [0.3, 0.4) is 0 Å². The zero-order chi connectivity index (χ0) is 12.7. The molecule has 2 aromatic rings. The average Bonchev–Trinajstić information content (AvgIpc) is 3.01. The molecule has 1 unspecified atom stereocenters. The summed E-state index contributed by atoms with van der Waals surface area (Å²) in [6, 6.07) is 17.6. The van der Waals surface area contributed by atoms with Crippen molar-refractivity contribution in [3.05, 3.63) is 72.3 Å². The number of carboxylic acid groups (broad SMARTS) is 1. The Morgan fingerprint density at radius 2 is 1.56 bits per heavy atom. The fraction of sp³-hybridized carbons (Fsp3) is 0.133. The Hall–Kier alpha value is -1.57. The number of hydrogen-bond donors (Lipinski definition) is 1. The van der Waals surface area contributed by atoms with E-state index in [2.05, 4.69) is 6.58 Å². The zero-order valence-corrected chi connectivity index (χ0v) is 11.3. The Morgan fingerprint density at radius 3 is 1.89 bits per heavy atom. The van der Waals surface area contributed by atoms with Gasteiger partial charge in [0.25, 0.3) is 0 Å². The predicted molar refractivity (Wildman–Crippen MR) is 69.3 cm³/mol. The van der Waals surface area contributed by atoms with Crippen molar-refractivity contribution in [1.29, 1.82) is 0 Å². The Bertz CT molecular complexity index is 424. The molecule has 0 spiro atoms. The number of rotatable bonds is 3. The van der Waals surface area contributed by atoms with E-state index in [4.69, 9.17) is 5.11 Å². The Morgan fingerprint density at radius 1 is 1.17 bits per heavy atom. The quantitative estimate of drug-likeness (QED) is 0.531. The minimum Gasteiger partial charge on any atom is -0.748 e. The summed E-state index contributed by atoms with van der Waals surface area (Å²) in [4.78, 5) is 10.5. The molecule has 0 fully saturated rings. The van der Waals surface area contributed by atoms with Crippen LogP contribution in [-0.2, 0) is 21.9 Å². The maximum atomic E-state index is 10.5. The average molecular weight is 284 g/mol. The Balaban J connectivity index is 0.000000405. The van der Waals surface area contributed by atoms with Crippen molar-refractivity contribution in [2.45, 2.75) is 12.8 Å². The molecule has 2 nitrogen and oxygen atoms in total. The standard InChI is InChI=1S/C10H11O2.C5H5.Fe/c1-7(8(2)10(11)12)9-5-3-4-6-9;1-2-4-5-3-1;/h3-7H,2H2,1H3,(H,11,12);1-5H;/q-1;-5;. The second-order valence-electron chi connectivity index (χ2n) is 3.73. The first kappa shape index (κ1) is 16.4. The molecule has 0 bridgehead atoms. The molecule has 0 saturated heterocycles. The molecular weight excluding hydrogens is 268 g/mol. The van der Waals surface area contributed by atoms with Crippen LogP contribution in [0, 0.1) is 0 Å². The van der Waals surface area contributed by atoms with Crippen molar-refractivity contribution in [1.82, 2.24) is 0 Å². The van der Waals surface area contributed by atoms with Gasteiger partial charge in [0.15, 0.2) is 0 Å². The molecule has 0 radical (unpaired) electrons. The van der Waals surface area contributed by atoms with E-state index in [-0.39, 0.29) is 28.6 Å². The van der Waals surface area contributed by atoms with E-state index in [1.54, 1.807) is 0 Å². The van der Waals surface area contributed by atoms with Gasteiger partial charge in [-0.1, -0.05) is 13.5 Å². The van der Waals surface area contributed by atoms with Crippen LogP contribution in [0.25, 0.3) is 0 Å². The van der Waals surface area contributed by atoms with E-state index < -0.39 is 5.97 Å². The fourth-order valence-corrected chi connectivity index (χ4v) is 1.38. The molecule has 0 heterocycles. The molecular formula is C15H16FeO2-6. The van der Waals surface area contributed by atoms with Crippen LogP contribution < -0.4 is 0 Å². The molecule has 1 atom stereocenters. The van der Waals surface area contributed by atoms with Gasteiger partial charge >= 0.3 is 5.97 Å². The molecule has 0 aliphatic heterocycles. The molecule has 2 rings (SSSR count). The number of aliphatic carboxylic acids is 1. The molecule has 18 heavy (non-hydrogen) atoms. The van der Waals surface area contributed by atoms with Gasteiger partial charge in [-0.3, -0.25) is 0 Å². The molecule has 0 saturated carbocycles. The second kappa shape index (κ2) is 8.51. The topological polar surface area (TPSA) is 37.3 Å². The second-order valence-corrected chi connectivity index (χ2v) is 3.73. The summed E-state index contributed by atoms with van der Waals surface area (Å²) in [5.74, 6) is -1.03. The van der Waals surface area contributed by atoms with Crippen LogP contribution >= 0.6 is 0 Å². The first-order chi connectivity index (χ1) is 8.13. The van der Waals surface area contributed by atoms with Crippen molar-refractivity contribution in [2.75, 3.05) is 0 Å². The molecule has 2 aromatic carbocycles. The molecule has 0 aromatic heterocycles. The number of carbonyl (C=O) groups is 1. The van der Waals surface area contributed by atoms with Gasteiger partial charge in [0.05, 0.1) is 0 Å². The number of carboxylic acids is 1. The summed E-state index contributed by atoms with van der Waals surface area (Å²) in [7, 11) is 0. The fourth-order valence-electron chi connectivity index (χ4n) is 1.38. The molecule has 102 valence electrons. The van der Waals surface area contributed by atoms with Crippen molar-refractivity contribution in [2.24, 2.45) is 0 Å². The summed E-state index contributed by atoms with van der Waals surface area (Å²) in [5, 5.41) is 8.65. The van der Waals surface area contributed by atoms with Gasteiger partial charge in [-0.15, -0.1) is 0 Å². The van der Waals surface area contributed by atoms with Crippen molar-refractivity contribution < 1.29 is 27.0 Å². The first-order valence-electron chi connectivity index (χ1n) is 5.43. The zero-order valence-electron chi connectivity index (χ0n) is 10.2. The summed E-state index contributed by atoms with van der Waals surface area (Å²) in [6.07, 6.45) is 0. The SMILES string of the molecule is C=C(C(=O)O)C(C)[c-]1cccc1.[Fe].[cH-]1[cH-][cH-][cH-][cH-]1. The minimum absolute atomic E-state index is 0. The summed E-state index contributed by atoms with van der Waals surface area (Å²) in [6.45, 7) is 5.35. The first-order valence-corrected chi connectivity index (χ1v) is 5.43. The van der Waals surface area contributed by atoms with Crippen LogP contribution in [0.15, 0.2) is 66.7 Å². The van der Waals surface area contributed by atoms with Crippen LogP contribution in [-0.4, -0.2) is 11.1 Å². The predicted octanol–water partition coefficient (Wildman–Crippen LogP) is 3.55. The van der Waals surface area contributed by atoms with Gasteiger partial charge in [-0.2, -0.15) is 17.7 Å². The third kappa shape index (κ3) is 5.17. The largest absolute Gasteiger partial charge is 0.748 e. The maximum Gasteiger partial charge on any atom is 0.330 e. The third-order valence-corrected chi connectivity index (χ3v) is 2.54. The van der Waals surface area contributed by atoms with E-state index in [1.807, 2.05) is 61.5 Å². The molecule has 3 heteroatoms. The van der Waals surface area contributed by atoms with E-state index in [0.717, 1.165) is 5.56 Å². The monoisotopic (exact) mass is 284 g/mol. The number of hydrogen-bond acceptors (Lipinski definition) is 1. The Kier molecular flexibility index (Phi) is 7.77. The summed E-state index contributed by atoms with van der Waals surface area (Å²) >= 11 is 0. The Labute approximate surface area is 118 Å². The molecule has 1 N–H and O–H groups in total. The normalized spacial score (nSPS) is 10.5. The minimum atomic E-state index is -0.927. The summed E-state index contributed by atoms with van der Waals surface area (Å²) in [5.41, 5.74) is 1.24. The molecule has 0 aliphatic rings. The van der Waals surface area contributed by atoms with Crippen LogP contribution in [0.1, 0.15) is 18.4 Å². The van der Waals surface area contributed by atoms with Crippen LogP contribution in [0.2, 0.25) is 0 Å². The van der Waals surface area contributed by atoms with Gasteiger partial charge in [0.1, 0.15) is 0 Å². The van der Waals surface area contributed by atoms with E-state index >= 15 is 0 Å². The van der Waals surface area contributed by atoms with E-state index in [1.165, 1.54) is 0 Å². The van der Waals surface area contributed by atoms with Gasteiger partial charge in [0, 0.05) is 22.6 Å². The van der Waals surface area contributed by atoms with E-state index in [0.29, 0.717) is 0 Å². The third-order valence-electron chi connectivity index (χ3n) is 2.54. The van der Waals surface area contributed by atoms with Crippen molar-refractivity contribution in [3.63, 3.8) is 0 Å². The van der Waals surface area contributed by atoms with Gasteiger partial charge in [-0.05, 0) is 5.92 Å². The van der Waals surface area contributed by atoms with Crippen molar-refractivity contribution >= 4 is 5.97 Å². The van der Waals surface area contributed by atoms with Gasteiger partial charge in [-0.25, -0.2) is 16.9 Å². The smallest absolute Gasteiger partial charge is 0.330 e.